The van der Waals surface area contributed by atoms with E-state index >= 15 is 0 Å². The van der Waals surface area contributed by atoms with E-state index < -0.39 is 15.4 Å². The number of piperidine rings is 2. The summed E-state index contributed by atoms with van der Waals surface area (Å²) in [5, 5.41) is 12.7. The van der Waals surface area contributed by atoms with E-state index in [1.54, 1.807) is 17.5 Å². The molecule has 5 heterocycles. The van der Waals surface area contributed by atoms with E-state index in [-0.39, 0.29) is 11.9 Å². The van der Waals surface area contributed by atoms with Gasteiger partial charge in [-0.1, -0.05) is 0 Å². The van der Waals surface area contributed by atoms with E-state index in [1.165, 1.54) is 18.2 Å². The zero-order chi connectivity index (χ0) is 29.4. The lowest BCUT2D eigenvalue weighted by Crippen LogP contribution is -2.41. The SMILES string of the molecule is CC(C)Oc1ncc(-c2nc(N3CCCCC3)nc3c(CN4CCC(C(C)(C)O)CC4)csc23)cc1CS(C)(=O)=O. The Morgan fingerprint density at radius 2 is 1.80 bits per heavy atom. The Kier molecular flexibility index (Phi) is 8.90. The molecule has 2 saturated heterocycles. The molecule has 0 radical (unpaired) electrons. The molecule has 0 amide bonds. The number of ether oxygens (including phenoxy) is 1. The minimum atomic E-state index is -3.31. The second-order valence-corrected chi connectivity index (χ2v) is 15.5. The van der Waals surface area contributed by atoms with Crippen LogP contribution in [0, 0.1) is 5.92 Å². The third kappa shape index (κ3) is 7.36. The second-order valence-electron chi connectivity index (χ2n) is 12.5. The molecule has 9 nitrogen and oxygen atoms in total. The number of anilines is 1. The van der Waals surface area contributed by atoms with E-state index in [0.717, 1.165) is 85.8 Å². The monoisotopic (exact) mass is 601 g/mol. The molecule has 0 unspecified atom stereocenters. The van der Waals surface area contributed by atoms with Crippen LogP contribution in [0.25, 0.3) is 21.5 Å². The number of sulfone groups is 1. The number of rotatable bonds is 9. The van der Waals surface area contributed by atoms with Crippen molar-refractivity contribution in [2.75, 3.05) is 37.3 Å². The highest BCUT2D eigenvalue weighted by Crippen LogP contribution is 2.37. The van der Waals surface area contributed by atoms with Crippen LogP contribution >= 0.6 is 11.3 Å². The minimum Gasteiger partial charge on any atom is -0.475 e. The Morgan fingerprint density at radius 1 is 1.10 bits per heavy atom. The van der Waals surface area contributed by atoms with Crippen molar-refractivity contribution in [2.45, 2.75) is 83.8 Å². The topological polar surface area (TPSA) is 109 Å². The summed E-state index contributed by atoms with van der Waals surface area (Å²) in [7, 11) is -3.31. The van der Waals surface area contributed by atoms with Gasteiger partial charge in [0.1, 0.15) is 0 Å². The average molecular weight is 602 g/mol. The highest BCUT2D eigenvalue weighted by atomic mass is 32.2. The van der Waals surface area contributed by atoms with Gasteiger partial charge >= 0.3 is 0 Å². The van der Waals surface area contributed by atoms with Crippen LogP contribution in [0.4, 0.5) is 5.95 Å². The number of hydrogen-bond acceptors (Lipinski definition) is 10. The van der Waals surface area contributed by atoms with E-state index in [9.17, 15) is 13.5 Å². The Hall–Kier alpha value is -2.34. The predicted octanol–water partition coefficient (Wildman–Crippen LogP) is 5.06. The Bertz CT molecular complexity index is 1470. The van der Waals surface area contributed by atoms with Gasteiger partial charge < -0.3 is 14.7 Å². The number of pyridine rings is 1. The molecule has 224 valence electrons. The van der Waals surface area contributed by atoms with Crippen molar-refractivity contribution in [3.8, 4) is 17.1 Å². The molecule has 0 atom stereocenters. The van der Waals surface area contributed by atoms with Crippen molar-refractivity contribution in [1.82, 2.24) is 19.9 Å². The maximum absolute atomic E-state index is 12.3. The summed E-state index contributed by atoms with van der Waals surface area (Å²) < 4.78 is 31.4. The summed E-state index contributed by atoms with van der Waals surface area (Å²) in [6, 6.07) is 1.87. The first-order valence-electron chi connectivity index (χ1n) is 14.7. The van der Waals surface area contributed by atoms with Gasteiger partial charge in [0.15, 0.2) is 9.84 Å². The molecule has 0 aliphatic carbocycles. The lowest BCUT2D eigenvalue weighted by atomic mass is 9.83. The van der Waals surface area contributed by atoms with E-state index in [4.69, 9.17) is 14.7 Å². The van der Waals surface area contributed by atoms with Crippen molar-refractivity contribution in [3.05, 3.63) is 28.8 Å². The number of thiophene rings is 1. The quantitative estimate of drug-likeness (QED) is 0.360. The van der Waals surface area contributed by atoms with Gasteiger partial charge in [0.2, 0.25) is 11.8 Å². The van der Waals surface area contributed by atoms with Crippen molar-refractivity contribution < 1.29 is 18.3 Å². The Balaban J connectivity index is 1.54. The van der Waals surface area contributed by atoms with Crippen molar-refractivity contribution in [2.24, 2.45) is 5.92 Å². The van der Waals surface area contributed by atoms with Gasteiger partial charge in [-0.3, -0.25) is 4.90 Å². The average Bonchev–Trinajstić information content (AvgIpc) is 3.31. The number of aromatic nitrogens is 3. The highest BCUT2D eigenvalue weighted by Gasteiger charge is 2.31. The zero-order valence-corrected chi connectivity index (χ0v) is 26.5. The lowest BCUT2D eigenvalue weighted by Gasteiger charge is -2.37. The van der Waals surface area contributed by atoms with Crippen LogP contribution in [-0.2, 0) is 22.1 Å². The fourth-order valence-electron chi connectivity index (χ4n) is 5.88. The molecule has 5 rings (SSSR count). The molecule has 0 spiro atoms. The summed E-state index contributed by atoms with van der Waals surface area (Å²) in [5.41, 5.74) is 3.58. The van der Waals surface area contributed by atoms with Gasteiger partial charge in [-0.2, -0.15) is 0 Å². The predicted molar refractivity (Wildman–Crippen MR) is 165 cm³/mol. The molecule has 0 saturated carbocycles. The first-order valence-corrected chi connectivity index (χ1v) is 17.6. The second kappa shape index (κ2) is 12.1. The van der Waals surface area contributed by atoms with Gasteiger partial charge in [0, 0.05) is 48.8 Å². The molecule has 41 heavy (non-hydrogen) atoms. The molecule has 2 aliphatic rings. The lowest BCUT2D eigenvalue weighted by molar-refractivity contribution is -0.0135. The number of fused-ring (bicyclic) bond motifs is 1. The third-order valence-electron chi connectivity index (χ3n) is 8.06. The number of hydrogen-bond donors (Lipinski definition) is 1. The number of aliphatic hydroxyl groups is 1. The van der Waals surface area contributed by atoms with E-state index in [2.05, 4.69) is 20.2 Å². The molecule has 2 fully saturated rings. The van der Waals surface area contributed by atoms with Crippen LogP contribution in [0.2, 0.25) is 0 Å². The van der Waals surface area contributed by atoms with Crippen molar-refractivity contribution in [1.29, 1.82) is 0 Å². The maximum Gasteiger partial charge on any atom is 0.226 e. The fraction of sp³-hybridized carbons (Fsp3) is 0.633. The fourth-order valence-corrected chi connectivity index (χ4v) is 7.66. The number of nitrogens with zero attached hydrogens (tertiary/aromatic N) is 5. The minimum absolute atomic E-state index is 0.128. The Morgan fingerprint density at radius 3 is 2.44 bits per heavy atom. The molecule has 1 N–H and O–H groups in total. The molecule has 2 aliphatic heterocycles. The first kappa shape index (κ1) is 30.1. The van der Waals surface area contributed by atoms with Crippen molar-refractivity contribution >= 4 is 37.3 Å². The summed E-state index contributed by atoms with van der Waals surface area (Å²) in [6.45, 7) is 12.2. The Labute approximate surface area is 247 Å². The first-order chi connectivity index (χ1) is 19.4. The van der Waals surface area contributed by atoms with E-state index in [0.29, 0.717) is 17.4 Å². The van der Waals surface area contributed by atoms with Crippen LogP contribution in [0.3, 0.4) is 0 Å². The van der Waals surface area contributed by atoms with Gasteiger partial charge in [-0.25, -0.2) is 23.4 Å². The van der Waals surface area contributed by atoms with Gasteiger partial charge in [-0.05, 0) is 90.3 Å². The molecule has 0 bridgehead atoms. The molecule has 3 aromatic rings. The summed E-state index contributed by atoms with van der Waals surface area (Å²) in [6.07, 6.45) is 8.24. The van der Waals surface area contributed by atoms with Crippen LogP contribution in [-0.4, -0.2) is 77.5 Å². The molecule has 3 aromatic heterocycles. The van der Waals surface area contributed by atoms with Crippen molar-refractivity contribution in [3.63, 3.8) is 0 Å². The largest absolute Gasteiger partial charge is 0.475 e. The smallest absolute Gasteiger partial charge is 0.226 e. The molecule has 0 aromatic carbocycles. The zero-order valence-electron chi connectivity index (χ0n) is 24.9. The summed E-state index contributed by atoms with van der Waals surface area (Å²) in [4.78, 5) is 19.5. The highest BCUT2D eigenvalue weighted by molar-refractivity contribution is 7.89. The standard InChI is InChI=1S/C30H43N5O4S2/c1-20(2)39-28-22(19-41(5,37)38)15-21(16-31-28)25-27-26(33-29(32-25)35-11-7-6-8-12-35)23(18-40-27)17-34-13-9-24(10-14-34)30(3,4)36/h15-16,18,20,24,36H,6-14,17,19H2,1-5H3. The summed E-state index contributed by atoms with van der Waals surface area (Å²) in [5.74, 6) is 1.23. The van der Waals surface area contributed by atoms with E-state index in [1.807, 2.05) is 33.8 Å². The van der Waals surface area contributed by atoms with Gasteiger partial charge in [0.25, 0.3) is 0 Å². The van der Waals surface area contributed by atoms with Gasteiger partial charge in [0.05, 0.1) is 33.4 Å². The normalized spacial score (nSPS) is 18.0. The molecular formula is C30H43N5O4S2. The van der Waals surface area contributed by atoms with Crippen LogP contribution in [0.15, 0.2) is 17.6 Å². The van der Waals surface area contributed by atoms with Crippen LogP contribution in [0.1, 0.15) is 70.9 Å². The maximum atomic E-state index is 12.3. The molecular weight excluding hydrogens is 558 g/mol. The van der Waals surface area contributed by atoms with Gasteiger partial charge in [-0.15, -0.1) is 11.3 Å². The summed E-state index contributed by atoms with van der Waals surface area (Å²) >= 11 is 1.63. The van der Waals surface area contributed by atoms with Crippen LogP contribution in [0.5, 0.6) is 5.88 Å². The van der Waals surface area contributed by atoms with Crippen LogP contribution < -0.4 is 9.64 Å². The third-order valence-corrected chi connectivity index (χ3v) is 9.92. The number of likely N-dealkylation sites (tertiary alicyclic amines) is 1. The molecule has 11 heteroatoms.